The summed E-state index contributed by atoms with van der Waals surface area (Å²) < 4.78 is 0. The van der Waals surface area contributed by atoms with Crippen molar-refractivity contribution in [1.82, 2.24) is 10.3 Å². The molecule has 0 atom stereocenters. The summed E-state index contributed by atoms with van der Waals surface area (Å²) in [6.07, 6.45) is 1.64. The molecule has 0 spiro atoms. The van der Waals surface area contributed by atoms with Crippen LogP contribution in [0.1, 0.15) is 0 Å². The van der Waals surface area contributed by atoms with Gasteiger partial charge in [-0.3, -0.25) is 19.5 Å². The Balaban J connectivity index is 2.17. The maximum Gasteiger partial charge on any atom is 0.246 e. The number of carbonyl (C=O) groups is 2. The predicted octanol–water partition coefficient (Wildman–Crippen LogP) is 1.35. The van der Waals surface area contributed by atoms with Crippen LogP contribution in [0.3, 0.4) is 0 Å². The second-order valence-electron chi connectivity index (χ2n) is 4.22. The van der Waals surface area contributed by atoms with Crippen LogP contribution < -0.4 is 10.2 Å². The lowest BCUT2D eigenvalue weighted by atomic mass is 10.1. The third-order valence-corrected chi connectivity index (χ3v) is 3.36. The SMILES string of the molecule is O=C1CN(c2ccc(Cl)c3cccnc23)C(=O)CN1. The van der Waals surface area contributed by atoms with Crippen molar-refractivity contribution in [1.29, 1.82) is 0 Å². The molecule has 0 radical (unpaired) electrons. The van der Waals surface area contributed by atoms with Crippen molar-refractivity contribution >= 4 is 40.0 Å². The summed E-state index contributed by atoms with van der Waals surface area (Å²) in [6, 6.07) is 7.04. The minimum Gasteiger partial charge on any atom is -0.345 e. The van der Waals surface area contributed by atoms with Crippen molar-refractivity contribution in [3.8, 4) is 0 Å². The van der Waals surface area contributed by atoms with Gasteiger partial charge in [-0.05, 0) is 24.3 Å². The van der Waals surface area contributed by atoms with Crippen molar-refractivity contribution in [2.45, 2.75) is 0 Å². The number of anilines is 1. The lowest BCUT2D eigenvalue weighted by Gasteiger charge is -2.27. The van der Waals surface area contributed by atoms with E-state index >= 15 is 0 Å². The highest BCUT2D eigenvalue weighted by Crippen LogP contribution is 2.30. The highest BCUT2D eigenvalue weighted by Gasteiger charge is 2.26. The van der Waals surface area contributed by atoms with Crippen molar-refractivity contribution in [3.63, 3.8) is 0 Å². The molecule has 0 unspecified atom stereocenters. The average Bonchev–Trinajstić information content (AvgIpc) is 2.43. The summed E-state index contributed by atoms with van der Waals surface area (Å²) in [5.41, 5.74) is 1.23. The van der Waals surface area contributed by atoms with E-state index in [-0.39, 0.29) is 24.9 Å². The molecule has 2 amide bonds. The summed E-state index contributed by atoms with van der Waals surface area (Å²) in [7, 11) is 0. The van der Waals surface area contributed by atoms with Crippen molar-refractivity contribution in [3.05, 3.63) is 35.5 Å². The van der Waals surface area contributed by atoms with Crippen LogP contribution in [0.25, 0.3) is 10.9 Å². The summed E-state index contributed by atoms with van der Waals surface area (Å²) in [5.74, 6) is -0.340. The van der Waals surface area contributed by atoms with Gasteiger partial charge in [-0.1, -0.05) is 11.6 Å². The Labute approximate surface area is 114 Å². The maximum absolute atomic E-state index is 11.9. The number of nitrogens with zero attached hydrogens (tertiary/aromatic N) is 2. The second-order valence-corrected chi connectivity index (χ2v) is 4.63. The van der Waals surface area contributed by atoms with E-state index in [1.54, 1.807) is 24.4 Å². The molecule has 3 rings (SSSR count). The normalized spacial score (nSPS) is 15.7. The monoisotopic (exact) mass is 275 g/mol. The first-order valence-electron chi connectivity index (χ1n) is 5.77. The molecular formula is C13H10ClN3O2. The Morgan fingerprint density at radius 2 is 2.11 bits per heavy atom. The Morgan fingerprint density at radius 1 is 1.26 bits per heavy atom. The van der Waals surface area contributed by atoms with Gasteiger partial charge in [0.25, 0.3) is 0 Å². The number of fused-ring (bicyclic) bond motifs is 1. The zero-order valence-electron chi connectivity index (χ0n) is 9.89. The molecule has 2 aromatic rings. The number of rotatable bonds is 1. The van der Waals surface area contributed by atoms with Crippen LogP contribution in [-0.4, -0.2) is 29.9 Å². The molecule has 1 fully saturated rings. The number of nitrogens with one attached hydrogen (secondary N) is 1. The molecule has 19 heavy (non-hydrogen) atoms. The lowest BCUT2D eigenvalue weighted by Crippen LogP contribution is -2.51. The fourth-order valence-corrected chi connectivity index (χ4v) is 2.33. The standard InChI is InChI=1S/C13H10ClN3O2/c14-9-3-4-10(13-8(9)2-1-5-15-13)17-7-11(18)16-6-12(17)19/h1-5H,6-7H2,(H,16,18). The lowest BCUT2D eigenvalue weighted by molar-refractivity contribution is -0.128. The minimum absolute atomic E-state index is 0.00609. The first-order chi connectivity index (χ1) is 9.16. The zero-order valence-corrected chi connectivity index (χ0v) is 10.6. The van der Waals surface area contributed by atoms with Crippen LogP contribution in [0.5, 0.6) is 0 Å². The molecular weight excluding hydrogens is 266 g/mol. The second kappa shape index (κ2) is 4.51. The van der Waals surface area contributed by atoms with Gasteiger partial charge in [0.2, 0.25) is 11.8 Å². The molecule has 1 aliphatic rings. The van der Waals surface area contributed by atoms with Gasteiger partial charge in [-0.25, -0.2) is 0 Å². The zero-order chi connectivity index (χ0) is 13.4. The van der Waals surface area contributed by atoms with E-state index in [1.807, 2.05) is 6.07 Å². The van der Waals surface area contributed by atoms with Crippen molar-refractivity contribution < 1.29 is 9.59 Å². The van der Waals surface area contributed by atoms with E-state index in [1.165, 1.54) is 4.90 Å². The first-order valence-corrected chi connectivity index (χ1v) is 6.15. The smallest absolute Gasteiger partial charge is 0.246 e. The molecule has 1 saturated heterocycles. The Bertz CT molecular complexity index is 687. The third kappa shape index (κ3) is 2.02. The average molecular weight is 276 g/mol. The maximum atomic E-state index is 11.9. The van der Waals surface area contributed by atoms with Crippen LogP contribution in [-0.2, 0) is 9.59 Å². The van der Waals surface area contributed by atoms with Gasteiger partial charge in [-0.15, -0.1) is 0 Å². The van der Waals surface area contributed by atoms with E-state index in [0.29, 0.717) is 16.2 Å². The number of hydrogen-bond acceptors (Lipinski definition) is 3. The van der Waals surface area contributed by atoms with Gasteiger partial charge >= 0.3 is 0 Å². The molecule has 6 heteroatoms. The molecule has 1 N–H and O–H groups in total. The number of hydrogen-bond donors (Lipinski definition) is 1. The van der Waals surface area contributed by atoms with Crippen molar-refractivity contribution in [2.24, 2.45) is 0 Å². The van der Waals surface area contributed by atoms with Gasteiger partial charge < -0.3 is 5.32 Å². The number of carbonyl (C=O) groups excluding carboxylic acids is 2. The highest BCUT2D eigenvalue weighted by atomic mass is 35.5. The molecule has 1 aromatic carbocycles. The van der Waals surface area contributed by atoms with Crippen molar-refractivity contribution in [2.75, 3.05) is 18.0 Å². The fraction of sp³-hybridized carbons (Fsp3) is 0.154. The van der Waals surface area contributed by atoms with Crippen LogP contribution in [0.4, 0.5) is 5.69 Å². The molecule has 1 aromatic heterocycles. The highest BCUT2D eigenvalue weighted by molar-refractivity contribution is 6.36. The van der Waals surface area contributed by atoms with Crippen LogP contribution in [0, 0.1) is 0 Å². The first kappa shape index (κ1) is 11.9. The minimum atomic E-state index is -0.182. The molecule has 5 nitrogen and oxygen atoms in total. The molecule has 2 heterocycles. The van der Waals surface area contributed by atoms with E-state index < -0.39 is 0 Å². The molecule has 0 saturated carbocycles. The molecule has 96 valence electrons. The quantitative estimate of drug-likeness (QED) is 0.855. The Morgan fingerprint density at radius 3 is 2.95 bits per heavy atom. The van der Waals surface area contributed by atoms with E-state index in [9.17, 15) is 9.59 Å². The van der Waals surface area contributed by atoms with Crippen LogP contribution in [0.2, 0.25) is 5.02 Å². The summed E-state index contributed by atoms with van der Waals surface area (Å²) >= 11 is 6.11. The Kier molecular flexibility index (Phi) is 2.83. The largest absolute Gasteiger partial charge is 0.345 e. The summed E-state index contributed by atoms with van der Waals surface area (Å²) in [6.45, 7) is 0.0158. The predicted molar refractivity (Wildman–Crippen MR) is 72.1 cm³/mol. The van der Waals surface area contributed by atoms with Crippen LogP contribution in [0.15, 0.2) is 30.5 Å². The number of aromatic nitrogens is 1. The van der Waals surface area contributed by atoms with E-state index in [2.05, 4.69) is 10.3 Å². The fourth-order valence-electron chi connectivity index (χ4n) is 2.12. The van der Waals surface area contributed by atoms with Crippen LogP contribution >= 0.6 is 11.6 Å². The number of halogens is 1. The number of pyridine rings is 1. The van der Waals surface area contributed by atoms with Gasteiger partial charge in [-0.2, -0.15) is 0 Å². The third-order valence-electron chi connectivity index (χ3n) is 3.03. The molecule has 0 aliphatic carbocycles. The summed E-state index contributed by atoms with van der Waals surface area (Å²) in [5, 5.41) is 3.85. The number of amides is 2. The number of benzene rings is 1. The summed E-state index contributed by atoms with van der Waals surface area (Å²) in [4.78, 5) is 29.1. The van der Waals surface area contributed by atoms with Gasteiger partial charge in [0.15, 0.2) is 0 Å². The molecule has 0 bridgehead atoms. The molecule has 1 aliphatic heterocycles. The van der Waals surface area contributed by atoms with E-state index in [0.717, 1.165) is 5.39 Å². The van der Waals surface area contributed by atoms with Gasteiger partial charge in [0.05, 0.1) is 22.8 Å². The topological polar surface area (TPSA) is 62.3 Å². The van der Waals surface area contributed by atoms with Gasteiger partial charge in [0, 0.05) is 11.6 Å². The number of piperazine rings is 1. The van der Waals surface area contributed by atoms with E-state index in [4.69, 9.17) is 11.6 Å². The van der Waals surface area contributed by atoms with Gasteiger partial charge in [0.1, 0.15) is 6.54 Å². The Hall–Kier alpha value is -2.14.